The van der Waals surface area contributed by atoms with Crippen LogP contribution in [0, 0.1) is 5.92 Å². The van der Waals surface area contributed by atoms with Crippen LogP contribution in [0.4, 0.5) is 4.79 Å². The Morgan fingerprint density at radius 1 is 1.32 bits per heavy atom. The van der Waals surface area contributed by atoms with Crippen LogP contribution in [0.15, 0.2) is 35.5 Å². The Kier molecular flexibility index (Phi) is 4.59. The zero-order valence-corrected chi connectivity index (χ0v) is 13.2. The smallest absolute Gasteiger partial charge is 0.410 e. The monoisotopic (exact) mass is 305 g/mol. The molecule has 1 aliphatic heterocycles. The predicted octanol–water partition coefficient (Wildman–Crippen LogP) is 2.38. The molecular formula is C16H23N3O3. The van der Waals surface area contributed by atoms with Gasteiger partial charge in [0, 0.05) is 24.9 Å². The van der Waals surface area contributed by atoms with E-state index >= 15 is 0 Å². The summed E-state index contributed by atoms with van der Waals surface area (Å²) in [6.45, 7) is 6.36. The van der Waals surface area contributed by atoms with Crippen molar-refractivity contribution >= 4 is 11.9 Å². The van der Waals surface area contributed by atoms with E-state index in [2.05, 4.69) is 5.16 Å². The normalized spacial score (nSPS) is 22.7. The third kappa shape index (κ3) is 3.69. The molecule has 0 radical (unpaired) electrons. The first kappa shape index (κ1) is 16.1. The van der Waals surface area contributed by atoms with Gasteiger partial charge in [-0.1, -0.05) is 35.5 Å². The molecule has 3 N–H and O–H groups in total. The van der Waals surface area contributed by atoms with E-state index in [-0.39, 0.29) is 23.8 Å². The number of amidine groups is 1. The van der Waals surface area contributed by atoms with Gasteiger partial charge in [-0.05, 0) is 26.3 Å². The van der Waals surface area contributed by atoms with Crippen molar-refractivity contribution in [1.82, 2.24) is 4.90 Å². The van der Waals surface area contributed by atoms with Gasteiger partial charge in [-0.3, -0.25) is 0 Å². The number of carbonyl (C=O) groups excluding carboxylic acids is 1. The lowest BCUT2D eigenvalue weighted by Gasteiger charge is -2.24. The van der Waals surface area contributed by atoms with Gasteiger partial charge in [0.2, 0.25) is 0 Å². The molecule has 1 aromatic rings. The van der Waals surface area contributed by atoms with Crippen LogP contribution in [0.1, 0.15) is 32.3 Å². The van der Waals surface area contributed by atoms with Crippen molar-refractivity contribution in [3.05, 3.63) is 35.9 Å². The van der Waals surface area contributed by atoms with Crippen LogP contribution in [0.25, 0.3) is 0 Å². The van der Waals surface area contributed by atoms with E-state index in [1.165, 1.54) is 0 Å². The van der Waals surface area contributed by atoms with E-state index < -0.39 is 5.60 Å². The van der Waals surface area contributed by atoms with E-state index in [9.17, 15) is 4.79 Å². The van der Waals surface area contributed by atoms with Crippen molar-refractivity contribution in [2.75, 3.05) is 13.1 Å². The lowest BCUT2D eigenvalue weighted by atomic mass is 9.88. The molecule has 1 saturated heterocycles. The fourth-order valence-corrected chi connectivity index (χ4v) is 2.69. The van der Waals surface area contributed by atoms with Crippen LogP contribution in [0.2, 0.25) is 0 Å². The molecule has 2 rings (SSSR count). The average Bonchev–Trinajstić information content (AvgIpc) is 2.91. The number of amides is 1. The predicted molar refractivity (Wildman–Crippen MR) is 83.9 cm³/mol. The fourth-order valence-electron chi connectivity index (χ4n) is 2.69. The first-order chi connectivity index (χ1) is 10.3. The number of oxime groups is 1. The lowest BCUT2D eigenvalue weighted by molar-refractivity contribution is 0.0290. The molecule has 1 aromatic carbocycles. The SMILES string of the molecule is CC(C)(C)OC(=O)N1CC(/C(N)=N/O)C(c2ccccc2)C1. The molecule has 0 bridgehead atoms. The molecule has 0 saturated carbocycles. The minimum atomic E-state index is -0.548. The molecule has 6 heteroatoms. The Hall–Kier alpha value is -2.24. The molecule has 6 nitrogen and oxygen atoms in total. The Morgan fingerprint density at radius 2 is 1.95 bits per heavy atom. The van der Waals surface area contributed by atoms with Gasteiger partial charge >= 0.3 is 6.09 Å². The highest BCUT2D eigenvalue weighted by Gasteiger charge is 2.40. The second-order valence-corrected chi connectivity index (χ2v) is 6.53. The molecule has 120 valence electrons. The molecule has 1 amide bonds. The standard InChI is InChI=1S/C16H23N3O3/c1-16(2,3)22-15(20)19-9-12(11-7-5-4-6-8-11)13(10-19)14(17)18-21/h4-8,12-13,21H,9-10H2,1-3H3,(H2,17,18). The number of nitrogens with zero attached hydrogens (tertiary/aromatic N) is 2. The quantitative estimate of drug-likeness (QED) is 0.380. The largest absolute Gasteiger partial charge is 0.444 e. The van der Waals surface area contributed by atoms with Gasteiger partial charge in [-0.2, -0.15) is 0 Å². The van der Waals surface area contributed by atoms with E-state index in [1.54, 1.807) is 4.90 Å². The van der Waals surface area contributed by atoms with Crippen LogP contribution in [0.5, 0.6) is 0 Å². The molecule has 22 heavy (non-hydrogen) atoms. The Bertz CT molecular complexity index is 552. The Labute approximate surface area is 130 Å². The lowest BCUT2D eigenvalue weighted by Crippen LogP contribution is -2.36. The van der Waals surface area contributed by atoms with E-state index in [0.29, 0.717) is 13.1 Å². The number of nitrogens with two attached hydrogens (primary N) is 1. The highest BCUT2D eigenvalue weighted by molar-refractivity contribution is 5.85. The summed E-state index contributed by atoms with van der Waals surface area (Å²) >= 11 is 0. The topological polar surface area (TPSA) is 88.2 Å². The molecule has 2 atom stereocenters. The van der Waals surface area contributed by atoms with Crippen LogP contribution in [0.3, 0.4) is 0 Å². The van der Waals surface area contributed by atoms with Crippen LogP contribution < -0.4 is 5.73 Å². The van der Waals surface area contributed by atoms with Gasteiger partial charge in [0.05, 0.1) is 0 Å². The Balaban J connectivity index is 2.20. The van der Waals surface area contributed by atoms with Crippen molar-refractivity contribution in [1.29, 1.82) is 0 Å². The summed E-state index contributed by atoms with van der Waals surface area (Å²) in [5.41, 5.74) is 6.33. The van der Waals surface area contributed by atoms with Crippen molar-refractivity contribution in [3.8, 4) is 0 Å². The van der Waals surface area contributed by atoms with Gasteiger partial charge in [-0.15, -0.1) is 0 Å². The van der Waals surface area contributed by atoms with E-state index in [1.807, 2.05) is 51.1 Å². The summed E-state index contributed by atoms with van der Waals surface area (Å²) in [6, 6.07) is 9.79. The average molecular weight is 305 g/mol. The minimum Gasteiger partial charge on any atom is -0.444 e. The molecule has 0 spiro atoms. The highest BCUT2D eigenvalue weighted by atomic mass is 16.6. The maximum absolute atomic E-state index is 12.3. The summed E-state index contributed by atoms with van der Waals surface area (Å²) < 4.78 is 5.41. The molecular weight excluding hydrogens is 282 g/mol. The summed E-state index contributed by atoms with van der Waals surface area (Å²) in [5.74, 6) is -0.0931. The zero-order chi connectivity index (χ0) is 16.3. The van der Waals surface area contributed by atoms with Gasteiger partial charge in [0.1, 0.15) is 11.4 Å². The van der Waals surface area contributed by atoms with Crippen LogP contribution >= 0.6 is 0 Å². The Morgan fingerprint density at radius 3 is 2.50 bits per heavy atom. The molecule has 1 fully saturated rings. The molecule has 1 heterocycles. The second-order valence-electron chi connectivity index (χ2n) is 6.53. The third-order valence-corrected chi connectivity index (χ3v) is 3.69. The minimum absolute atomic E-state index is 0.00961. The van der Waals surface area contributed by atoms with E-state index in [4.69, 9.17) is 15.7 Å². The van der Waals surface area contributed by atoms with Gasteiger partial charge in [0.15, 0.2) is 0 Å². The number of ether oxygens (including phenoxy) is 1. The number of carbonyl (C=O) groups is 1. The summed E-state index contributed by atoms with van der Waals surface area (Å²) in [7, 11) is 0. The van der Waals surface area contributed by atoms with Crippen molar-refractivity contribution in [2.45, 2.75) is 32.3 Å². The second kappa shape index (κ2) is 6.25. The third-order valence-electron chi connectivity index (χ3n) is 3.69. The zero-order valence-electron chi connectivity index (χ0n) is 13.2. The number of hydrogen-bond acceptors (Lipinski definition) is 4. The van der Waals surface area contributed by atoms with Crippen LogP contribution in [-0.2, 0) is 4.74 Å². The highest BCUT2D eigenvalue weighted by Crippen LogP contribution is 2.33. The first-order valence-corrected chi connectivity index (χ1v) is 7.32. The molecule has 1 aliphatic rings. The number of likely N-dealkylation sites (tertiary alicyclic amines) is 1. The summed E-state index contributed by atoms with van der Waals surface area (Å²) in [6.07, 6.45) is -0.373. The number of rotatable bonds is 2. The summed E-state index contributed by atoms with van der Waals surface area (Å²) in [5, 5.41) is 12.1. The number of hydrogen-bond donors (Lipinski definition) is 2. The van der Waals surface area contributed by atoms with Gasteiger partial charge in [-0.25, -0.2) is 4.79 Å². The molecule has 0 aromatic heterocycles. The maximum Gasteiger partial charge on any atom is 0.410 e. The van der Waals surface area contributed by atoms with Crippen LogP contribution in [-0.4, -0.2) is 40.7 Å². The number of benzene rings is 1. The molecule has 0 aliphatic carbocycles. The van der Waals surface area contributed by atoms with E-state index in [0.717, 1.165) is 5.56 Å². The van der Waals surface area contributed by atoms with Gasteiger partial charge in [0.25, 0.3) is 0 Å². The fraction of sp³-hybridized carbons (Fsp3) is 0.500. The molecule has 2 unspecified atom stereocenters. The maximum atomic E-state index is 12.3. The van der Waals surface area contributed by atoms with Gasteiger partial charge < -0.3 is 20.6 Å². The summed E-state index contributed by atoms with van der Waals surface area (Å²) in [4.78, 5) is 13.9. The van der Waals surface area contributed by atoms with Crippen molar-refractivity contribution in [3.63, 3.8) is 0 Å². The van der Waals surface area contributed by atoms with Crippen molar-refractivity contribution in [2.24, 2.45) is 16.8 Å². The van der Waals surface area contributed by atoms with Crippen molar-refractivity contribution < 1.29 is 14.7 Å². The first-order valence-electron chi connectivity index (χ1n) is 7.32.